The van der Waals surface area contributed by atoms with E-state index in [2.05, 4.69) is 17.6 Å². The Morgan fingerprint density at radius 1 is 1.00 bits per heavy atom. The molecule has 138 valence electrons. The molecule has 2 aromatic carbocycles. The van der Waals surface area contributed by atoms with Gasteiger partial charge in [-0.2, -0.15) is 0 Å². The van der Waals surface area contributed by atoms with Gasteiger partial charge in [-0.3, -0.25) is 9.59 Å². The largest absolute Gasteiger partial charge is 0.494 e. The minimum Gasteiger partial charge on any atom is -0.494 e. The maximum absolute atomic E-state index is 12.2. The van der Waals surface area contributed by atoms with E-state index >= 15 is 0 Å². The van der Waals surface area contributed by atoms with E-state index in [4.69, 9.17) is 4.74 Å². The van der Waals surface area contributed by atoms with Gasteiger partial charge in [0.15, 0.2) is 0 Å². The Hall–Kier alpha value is -2.82. The lowest BCUT2D eigenvalue weighted by Gasteiger charge is -2.10. The molecule has 2 N–H and O–H groups in total. The van der Waals surface area contributed by atoms with Crippen molar-refractivity contribution in [2.75, 3.05) is 18.5 Å². The van der Waals surface area contributed by atoms with Crippen LogP contribution in [0, 0.1) is 0 Å². The Balaban J connectivity index is 1.83. The van der Waals surface area contributed by atoms with Gasteiger partial charge in [0.1, 0.15) is 5.75 Å². The first-order valence-corrected chi connectivity index (χ1v) is 9.02. The highest BCUT2D eigenvalue weighted by Crippen LogP contribution is 2.15. The third-order valence-electron chi connectivity index (χ3n) is 3.96. The minimum absolute atomic E-state index is 0.0777. The summed E-state index contributed by atoms with van der Waals surface area (Å²) in [4.78, 5) is 24.2. The highest BCUT2D eigenvalue weighted by molar-refractivity contribution is 5.99. The molecule has 2 amide bonds. The molecule has 5 heteroatoms. The van der Waals surface area contributed by atoms with Crippen molar-refractivity contribution in [3.63, 3.8) is 0 Å². The Bertz CT molecular complexity index is 726. The molecule has 0 aliphatic heterocycles. The molecule has 5 nitrogen and oxygen atoms in total. The molecule has 26 heavy (non-hydrogen) atoms. The average molecular weight is 354 g/mol. The standard InChI is InChI=1S/C21H26N2O3/c1-3-5-14-26-18-12-10-17(11-13-18)21(25)22-15-20(24)23-19-9-7-6-8-16(19)4-2/h6-13H,3-5,14-15H2,1-2H3,(H,22,25)(H,23,24). The summed E-state index contributed by atoms with van der Waals surface area (Å²) >= 11 is 0. The first kappa shape index (κ1) is 19.5. The second-order valence-electron chi connectivity index (χ2n) is 5.97. The fraction of sp³-hybridized carbons (Fsp3) is 0.333. The molecule has 0 aliphatic carbocycles. The van der Waals surface area contributed by atoms with Crippen LogP contribution in [0.15, 0.2) is 48.5 Å². The summed E-state index contributed by atoms with van der Waals surface area (Å²) in [5.41, 5.74) is 2.34. The van der Waals surface area contributed by atoms with Crippen molar-refractivity contribution in [1.82, 2.24) is 5.32 Å². The van der Waals surface area contributed by atoms with Crippen LogP contribution in [0.5, 0.6) is 5.75 Å². The molecular weight excluding hydrogens is 328 g/mol. The molecule has 0 fully saturated rings. The fourth-order valence-corrected chi connectivity index (χ4v) is 2.44. The number of nitrogens with one attached hydrogen (secondary N) is 2. The number of benzene rings is 2. The number of rotatable bonds is 9. The van der Waals surface area contributed by atoms with Gasteiger partial charge in [-0.15, -0.1) is 0 Å². The van der Waals surface area contributed by atoms with Crippen LogP contribution in [-0.2, 0) is 11.2 Å². The zero-order chi connectivity index (χ0) is 18.8. The maximum Gasteiger partial charge on any atom is 0.251 e. The molecule has 2 rings (SSSR count). The van der Waals surface area contributed by atoms with Gasteiger partial charge in [0.05, 0.1) is 13.2 Å². The highest BCUT2D eigenvalue weighted by atomic mass is 16.5. The predicted octanol–water partition coefficient (Wildman–Crippen LogP) is 3.80. The van der Waals surface area contributed by atoms with Crippen LogP contribution in [-0.4, -0.2) is 25.0 Å². The number of ether oxygens (including phenoxy) is 1. The van der Waals surface area contributed by atoms with Gasteiger partial charge in [0, 0.05) is 11.3 Å². The van der Waals surface area contributed by atoms with E-state index in [1.54, 1.807) is 24.3 Å². The topological polar surface area (TPSA) is 67.4 Å². The quantitative estimate of drug-likeness (QED) is 0.673. The molecule has 0 bridgehead atoms. The van der Waals surface area contributed by atoms with Gasteiger partial charge >= 0.3 is 0 Å². The van der Waals surface area contributed by atoms with E-state index in [0.29, 0.717) is 12.2 Å². The molecular formula is C21H26N2O3. The lowest BCUT2D eigenvalue weighted by molar-refractivity contribution is -0.115. The van der Waals surface area contributed by atoms with E-state index < -0.39 is 0 Å². The SMILES string of the molecule is CCCCOc1ccc(C(=O)NCC(=O)Nc2ccccc2CC)cc1. The van der Waals surface area contributed by atoms with E-state index in [1.165, 1.54) is 0 Å². The normalized spacial score (nSPS) is 10.2. The van der Waals surface area contributed by atoms with E-state index in [9.17, 15) is 9.59 Å². The predicted molar refractivity (Wildman–Crippen MR) is 104 cm³/mol. The second kappa shape index (κ2) is 10.2. The lowest BCUT2D eigenvalue weighted by atomic mass is 10.1. The van der Waals surface area contributed by atoms with Crippen molar-refractivity contribution in [2.45, 2.75) is 33.1 Å². The average Bonchev–Trinajstić information content (AvgIpc) is 2.67. The van der Waals surface area contributed by atoms with Crippen LogP contribution in [0.4, 0.5) is 5.69 Å². The van der Waals surface area contributed by atoms with Crippen molar-refractivity contribution in [2.24, 2.45) is 0 Å². The molecule has 0 atom stereocenters. The molecule has 0 heterocycles. The molecule has 0 saturated carbocycles. The number of carbonyl (C=O) groups is 2. The minimum atomic E-state index is -0.288. The third kappa shape index (κ3) is 5.92. The Morgan fingerprint density at radius 3 is 2.42 bits per heavy atom. The zero-order valence-corrected chi connectivity index (χ0v) is 15.4. The van der Waals surface area contributed by atoms with Gasteiger partial charge in [0.2, 0.25) is 5.91 Å². The van der Waals surface area contributed by atoms with Crippen molar-refractivity contribution < 1.29 is 14.3 Å². The molecule has 0 aliphatic rings. The van der Waals surface area contributed by atoms with Crippen LogP contribution in [0.1, 0.15) is 42.6 Å². The lowest BCUT2D eigenvalue weighted by Crippen LogP contribution is -2.33. The van der Waals surface area contributed by atoms with Gasteiger partial charge in [-0.1, -0.05) is 38.5 Å². The number of anilines is 1. The number of amides is 2. The van der Waals surface area contributed by atoms with Gasteiger partial charge in [-0.25, -0.2) is 0 Å². The number of aryl methyl sites for hydroxylation is 1. The number of hydrogen-bond donors (Lipinski definition) is 2. The third-order valence-corrected chi connectivity index (χ3v) is 3.96. The first-order valence-electron chi connectivity index (χ1n) is 9.02. The molecule has 0 aromatic heterocycles. The summed E-state index contributed by atoms with van der Waals surface area (Å²) in [6, 6.07) is 14.6. The summed E-state index contributed by atoms with van der Waals surface area (Å²) in [7, 11) is 0. The molecule has 0 unspecified atom stereocenters. The maximum atomic E-state index is 12.2. The van der Waals surface area contributed by atoms with Crippen molar-refractivity contribution in [3.8, 4) is 5.75 Å². The summed E-state index contributed by atoms with van der Waals surface area (Å²) in [5.74, 6) is 0.201. The van der Waals surface area contributed by atoms with Crippen LogP contribution in [0.3, 0.4) is 0 Å². The number of carbonyl (C=O) groups excluding carboxylic acids is 2. The van der Waals surface area contributed by atoms with Crippen LogP contribution in [0.2, 0.25) is 0 Å². The van der Waals surface area contributed by atoms with Crippen LogP contribution >= 0.6 is 0 Å². The Morgan fingerprint density at radius 2 is 1.73 bits per heavy atom. The second-order valence-corrected chi connectivity index (χ2v) is 5.97. The van der Waals surface area contributed by atoms with E-state index in [-0.39, 0.29) is 18.4 Å². The molecule has 0 spiro atoms. The van der Waals surface area contributed by atoms with Gasteiger partial charge in [0.25, 0.3) is 5.91 Å². The summed E-state index contributed by atoms with van der Waals surface area (Å²) < 4.78 is 5.57. The highest BCUT2D eigenvalue weighted by Gasteiger charge is 2.09. The Kier molecular flexibility index (Phi) is 7.68. The van der Waals surface area contributed by atoms with E-state index in [0.717, 1.165) is 36.3 Å². The fourth-order valence-electron chi connectivity index (χ4n) is 2.44. The number of unbranched alkanes of at least 4 members (excludes halogenated alkanes) is 1. The van der Waals surface area contributed by atoms with Crippen molar-refractivity contribution in [1.29, 1.82) is 0 Å². The zero-order valence-electron chi connectivity index (χ0n) is 15.4. The van der Waals surface area contributed by atoms with Crippen LogP contribution in [0.25, 0.3) is 0 Å². The van der Waals surface area contributed by atoms with Crippen molar-refractivity contribution in [3.05, 3.63) is 59.7 Å². The summed E-state index contributed by atoms with van der Waals surface area (Å²) in [6.45, 7) is 4.73. The van der Waals surface area contributed by atoms with Gasteiger partial charge < -0.3 is 15.4 Å². The molecule has 0 saturated heterocycles. The summed E-state index contributed by atoms with van der Waals surface area (Å²) in [5, 5.41) is 5.47. The molecule has 0 radical (unpaired) electrons. The first-order chi connectivity index (χ1) is 12.6. The smallest absolute Gasteiger partial charge is 0.251 e. The Labute approximate surface area is 154 Å². The summed E-state index contributed by atoms with van der Waals surface area (Å²) in [6.07, 6.45) is 2.90. The number of hydrogen-bond acceptors (Lipinski definition) is 3. The van der Waals surface area contributed by atoms with Crippen molar-refractivity contribution >= 4 is 17.5 Å². The number of para-hydroxylation sites is 1. The van der Waals surface area contributed by atoms with E-state index in [1.807, 2.05) is 31.2 Å². The molecule has 2 aromatic rings. The van der Waals surface area contributed by atoms with Crippen LogP contribution < -0.4 is 15.4 Å². The monoisotopic (exact) mass is 354 g/mol. The van der Waals surface area contributed by atoms with Gasteiger partial charge in [-0.05, 0) is 48.7 Å².